The lowest BCUT2D eigenvalue weighted by molar-refractivity contribution is -0.119. The van der Waals surface area contributed by atoms with Crippen LogP contribution in [0, 0.1) is 6.92 Å². The minimum absolute atomic E-state index is 0.186. The molecule has 0 bridgehead atoms. The van der Waals surface area contributed by atoms with Crippen LogP contribution in [0.15, 0.2) is 42.5 Å². The van der Waals surface area contributed by atoms with E-state index in [0.29, 0.717) is 29.1 Å². The summed E-state index contributed by atoms with van der Waals surface area (Å²) in [5.41, 5.74) is 7.26. The molecular weight excluding hydrogens is 346 g/mol. The smallest absolute Gasteiger partial charge is 0.255 e. The minimum Gasteiger partial charge on any atom is -0.484 e. The van der Waals surface area contributed by atoms with Crippen molar-refractivity contribution in [1.29, 1.82) is 0 Å². The highest BCUT2D eigenvalue weighted by Crippen LogP contribution is 2.19. The van der Waals surface area contributed by atoms with Crippen molar-refractivity contribution in [3.05, 3.63) is 59.2 Å². The number of ether oxygens (including phenoxy) is 1. The first-order valence-electron chi connectivity index (χ1n) is 8.62. The zero-order valence-electron chi connectivity index (χ0n) is 15.4. The standard InChI is InChI=1S/C20H23N3O4/c1-3-9-22-19(25)15-8-7-13(2)17(11-15)23-20(26)14-5-4-6-16(10-14)27-12-18(21)24/h4-8,10-11H,3,9,12H2,1-2H3,(H2,21,24)(H,22,25)(H,23,26). The summed E-state index contributed by atoms with van der Waals surface area (Å²) in [6.07, 6.45) is 0.843. The predicted molar refractivity (Wildman–Crippen MR) is 103 cm³/mol. The zero-order valence-corrected chi connectivity index (χ0v) is 15.4. The Hall–Kier alpha value is -3.35. The molecule has 7 heteroatoms. The molecule has 0 unspecified atom stereocenters. The van der Waals surface area contributed by atoms with E-state index in [1.165, 1.54) is 6.07 Å². The van der Waals surface area contributed by atoms with Crippen molar-refractivity contribution in [2.24, 2.45) is 5.73 Å². The molecule has 0 fully saturated rings. The Morgan fingerprint density at radius 3 is 2.48 bits per heavy atom. The lowest BCUT2D eigenvalue weighted by Gasteiger charge is -2.12. The van der Waals surface area contributed by atoms with Crippen molar-refractivity contribution in [3.8, 4) is 5.75 Å². The number of rotatable bonds is 8. The number of hydrogen-bond acceptors (Lipinski definition) is 4. The van der Waals surface area contributed by atoms with Crippen LogP contribution in [-0.2, 0) is 4.79 Å². The normalized spacial score (nSPS) is 10.1. The summed E-state index contributed by atoms with van der Waals surface area (Å²) in [7, 11) is 0. The fourth-order valence-electron chi connectivity index (χ4n) is 2.31. The summed E-state index contributed by atoms with van der Waals surface area (Å²) in [4.78, 5) is 35.5. The molecule has 0 aliphatic rings. The molecule has 142 valence electrons. The molecule has 0 aromatic heterocycles. The van der Waals surface area contributed by atoms with Gasteiger partial charge < -0.3 is 21.1 Å². The lowest BCUT2D eigenvalue weighted by atomic mass is 10.1. The molecule has 0 aliphatic carbocycles. The molecule has 3 amide bonds. The van der Waals surface area contributed by atoms with E-state index in [-0.39, 0.29) is 18.4 Å². The lowest BCUT2D eigenvalue weighted by Crippen LogP contribution is -2.24. The second-order valence-corrected chi connectivity index (χ2v) is 6.02. The molecule has 0 atom stereocenters. The maximum absolute atomic E-state index is 12.6. The van der Waals surface area contributed by atoms with Crippen LogP contribution in [0.5, 0.6) is 5.75 Å². The van der Waals surface area contributed by atoms with Gasteiger partial charge in [-0.25, -0.2) is 0 Å². The Kier molecular flexibility index (Phi) is 6.93. The van der Waals surface area contributed by atoms with Crippen molar-refractivity contribution in [3.63, 3.8) is 0 Å². The number of primary amides is 1. The Morgan fingerprint density at radius 1 is 1.04 bits per heavy atom. The molecule has 2 aromatic carbocycles. The van der Waals surface area contributed by atoms with Crippen molar-refractivity contribution in [2.45, 2.75) is 20.3 Å². The van der Waals surface area contributed by atoms with E-state index in [4.69, 9.17) is 10.5 Å². The van der Waals surface area contributed by atoms with Gasteiger partial charge in [-0.1, -0.05) is 19.1 Å². The van der Waals surface area contributed by atoms with Gasteiger partial charge in [0.05, 0.1) is 0 Å². The van der Waals surface area contributed by atoms with E-state index in [0.717, 1.165) is 12.0 Å². The SMILES string of the molecule is CCCNC(=O)c1ccc(C)c(NC(=O)c2cccc(OCC(N)=O)c2)c1. The highest BCUT2D eigenvalue weighted by molar-refractivity contribution is 6.05. The van der Waals surface area contributed by atoms with E-state index in [1.807, 2.05) is 13.8 Å². The van der Waals surface area contributed by atoms with Crippen molar-refractivity contribution in [2.75, 3.05) is 18.5 Å². The molecule has 0 spiro atoms. The molecule has 0 saturated carbocycles. The second-order valence-electron chi connectivity index (χ2n) is 6.02. The van der Waals surface area contributed by atoms with Crippen LogP contribution in [0.2, 0.25) is 0 Å². The van der Waals surface area contributed by atoms with Crippen LogP contribution in [0.1, 0.15) is 39.6 Å². The number of nitrogens with two attached hydrogens (primary N) is 1. The molecule has 2 rings (SSSR count). The average Bonchev–Trinajstić information content (AvgIpc) is 2.66. The molecular formula is C20H23N3O4. The fourth-order valence-corrected chi connectivity index (χ4v) is 2.31. The highest BCUT2D eigenvalue weighted by Gasteiger charge is 2.12. The Balaban J connectivity index is 2.14. The second kappa shape index (κ2) is 9.38. The number of aryl methyl sites for hydroxylation is 1. The third-order valence-corrected chi connectivity index (χ3v) is 3.76. The Labute approximate surface area is 157 Å². The number of carbonyl (C=O) groups excluding carboxylic acids is 3. The summed E-state index contributed by atoms with van der Waals surface area (Å²) in [6, 6.07) is 11.6. The van der Waals surface area contributed by atoms with Gasteiger partial charge >= 0.3 is 0 Å². The maximum Gasteiger partial charge on any atom is 0.255 e. The van der Waals surface area contributed by atoms with Gasteiger partial charge in [0.2, 0.25) is 0 Å². The van der Waals surface area contributed by atoms with E-state index < -0.39 is 5.91 Å². The average molecular weight is 369 g/mol. The third-order valence-electron chi connectivity index (χ3n) is 3.76. The number of carbonyl (C=O) groups is 3. The van der Waals surface area contributed by atoms with Crippen molar-refractivity contribution < 1.29 is 19.1 Å². The first-order valence-corrected chi connectivity index (χ1v) is 8.62. The van der Waals surface area contributed by atoms with Crippen LogP contribution in [0.3, 0.4) is 0 Å². The van der Waals surface area contributed by atoms with Gasteiger partial charge in [-0.15, -0.1) is 0 Å². The molecule has 7 nitrogen and oxygen atoms in total. The van der Waals surface area contributed by atoms with Gasteiger partial charge in [0.25, 0.3) is 17.7 Å². The van der Waals surface area contributed by atoms with E-state index in [9.17, 15) is 14.4 Å². The van der Waals surface area contributed by atoms with Gasteiger partial charge in [0.1, 0.15) is 5.75 Å². The molecule has 0 radical (unpaired) electrons. The largest absolute Gasteiger partial charge is 0.484 e. The zero-order chi connectivity index (χ0) is 19.8. The minimum atomic E-state index is -0.598. The first kappa shape index (κ1) is 20.0. The van der Waals surface area contributed by atoms with Gasteiger partial charge in [-0.3, -0.25) is 14.4 Å². The Morgan fingerprint density at radius 2 is 1.78 bits per heavy atom. The molecule has 0 aliphatic heterocycles. The van der Waals surface area contributed by atoms with Gasteiger partial charge in [-0.05, 0) is 49.2 Å². The number of amides is 3. The molecule has 27 heavy (non-hydrogen) atoms. The van der Waals surface area contributed by atoms with E-state index in [1.54, 1.807) is 36.4 Å². The monoisotopic (exact) mass is 369 g/mol. The molecule has 0 saturated heterocycles. The van der Waals surface area contributed by atoms with Gasteiger partial charge in [0, 0.05) is 23.4 Å². The number of nitrogens with one attached hydrogen (secondary N) is 2. The summed E-state index contributed by atoms with van der Waals surface area (Å²) in [5, 5.41) is 5.61. The first-order chi connectivity index (χ1) is 12.9. The van der Waals surface area contributed by atoms with Crippen LogP contribution < -0.4 is 21.1 Å². The van der Waals surface area contributed by atoms with Crippen LogP contribution >= 0.6 is 0 Å². The topological polar surface area (TPSA) is 111 Å². The fraction of sp³-hybridized carbons (Fsp3) is 0.250. The summed E-state index contributed by atoms with van der Waals surface area (Å²) >= 11 is 0. The number of benzene rings is 2. The van der Waals surface area contributed by atoms with Crippen molar-refractivity contribution >= 4 is 23.4 Å². The molecule has 4 N–H and O–H groups in total. The summed E-state index contributed by atoms with van der Waals surface area (Å²) in [6.45, 7) is 4.14. The predicted octanol–water partition coefficient (Wildman–Crippen LogP) is 2.25. The van der Waals surface area contributed by atoms with Crippen LogP contribution in [-0.4, -0.2) is 30.9 Å². The number of anilines is 1. The van der Waals surface area contributed by atoms with Gasteiger partial charge in [-0.2, -0.15) is 0 Å². The molecule has 0 heterocycles. The van der Waals surface area contributed by atoms with Gasteiger partial charge in [0.15, 0.2) is 6.61 Å². The third kappa shape index (κ3) is 5.85. The van der Waals surface area contributed by atoms with Crippen LogP contribution in [0.4, 0.5) is 5.69 Å². The summed E-state index contributed by atoms with van der Waals surface area (Å²) < 4.78 is 5.21. The number of hydrogen-bond donors (Lipinski definition) is 3. The van der Waals surface area contributed by atoms with E-state index >= 15 is 0 Å². The van der Waals surface area contributed by atoms with Crippen LogP contribution in [0.25, 0.3) is 0 Å². The maximum atomic E-state index is 12.6. The summed E-state index contributed by atoms with van der Waals surface area (Å²) in [5.74, 6) is -0.771. The van der Waals surface area contributed by atoms with E-state index in [2.05, 4.69) is 10.6 Å². The van der Waals surface area contributed by atoms with Crippen molar-refractivity contribution in [1.82, 2.24) is 5.32 Å². The Bertz CT molecular complexity index is 849. The highest BCUT2D eigenvalue weighted by atomic mass is 16.5. The molecule has 2 aromatic rings. The quantitative estimate of drug-likeness (QED) is 0.663.